The van der Waals surface area contributed by atoms with Crippen molar-refractivity contribution in [3.05, 3.63) is 48.2 Å². The molecule has 0 unspecified atom stereocenters. The molecule has 1 heterocycles. The average Bonchev–Trinajstić information content (AvgIpc) is 2.31. The molecule has 0 radical (unpaired) electrons. The van der Waals surface area contributed by atoms with Crippen molar-refractivity contribution in [2.75, 3.05) is 5.73 Å². The minimum Gasteiger partial charge on any atom is -0.397 e. The SMILES string of the molecule is N#CCc1cnc(-c2ccccc2)c(N)c1. The standard InChI is InChI=1S/C13H11N3/c14-7-6-10-8-12(15)13(16-9-10)11-4-2-1-3-5-11/h1-5,8-9H,6,15H2. The Morgan fingerprint density at radius 2 is 2.00 bits per heavy atom. The Hall–Kier alpha value is -2.34. The highest BCUT2D eigenvalue weighted by molar-refractivity contribution is 5.72. The Morgan fingerprint density at radius 3 is 2.62 bits per heavy atom. The van der Waals surface area contributed by atoms with E-state index in [1.54, 1.807) is 12.3 Å². The quantitative estimate of drug-likeness (QED) is 0.826. The summed E-state index contributed by atoms with van der Waals surface area (Å²) in [6.45, 7) is 0. The Labute approximate surface area is 94.2 Å². The number of anilines is 1. The number of nitrogens with two attached hydrogens (primary N) is 1. The predicted octanol–water partition coefficient (Wildman–Crippen LogP) is 2.40. The van der Waals surface area contributed by atoms with Gasteiger partial charge in [-0.25, -0.2) is 0 Å². The van der Waals surface area contributed by atoms with Crippen LogP contribution in [0.5, 0.6) is 0 Å². The zero-order valence-corrected chi connectivity index (χ0v) is 8.72. The van der Waals surface area contributed by atoms with E-state index in [0.717, 1.165) is 16.8 Å². The summed E-state index contributed by atoms with van der Waals surface area (Å²) in [7, 11) is 0. The Bertz CT molecular complexity index is 527. The van der Waals surface area contributed by atoms with Crippen LogP contribution in [0.15, 0.2) is 42.6 Å². The summed E-state index contributed by atoms with van der Waals surface area (Å²) < 4.78 is 0. The summed E-state index contributed by atoms with van der Waals surface area (Å²) >= 11 is 0. The number of aromatic nitrogens is 1. The lowest BCUT2D eigenvalue weighted by molar-refractivity contribution is 1.20. The molecule has 0 aliphatic rings. The van der Waals surface area contributed by atoms with Gasteiger partial charge in [0.15, 0.2) is 0 Å². The van der Waals surface area contributed by atoms with Crippen LogP contribution in [0.25, 0.3) is 11.3 Å². The molecule has 2 N–H and O–H groups in total. The first kappa shape index (κ1) is 10.2. The second-order valence-electron chi connectivity index (χ2n) is 3.48. The molecular formula is C13H11N3. The van der Waals surface area contributed by atoms with Gasteiger partial charge in [-0.2, -0.15) is 5.26 Å². The molecule has 3 heteroatoms. The average molecular weight is 209 g/mol. The molecule has 3 nitrogen and oxygen atoms in total. The molecule has 0 bridgehead atoms. The number of hydrogen-bond acceptors (Lipinski definition) is 3. The molecule has 0 atom stereocenters. The van der Waals surface area contributed by atoms with Crippen molar-refractivity contribution in [2.45, 2.75) is 6.42 Å². The zero-order valence-electron chi connectivity index (χ0n) is 8.72. The highest BCUT2D eigenvalue weighted by Crippen LogP contribution is 2.23. The van der Waals surface area contributed by atoms with Crippen LogP contribution in [0.2, 0.25) is 0 Å². The minimum absolute atomic E-state index is 0.340. The molecular weight excluding hydrogens is 198 g/mol. The van der Waals surface area contributed by atoms with Crippen molar-refractivity contribution in [1.82, 2.24) is 4.98 Å². The highest BCUT2D eigenvalue weighted by Gasteiger charge is 2.04. The van der Waals surface area contributed by atoms with Crippen LogP contribution >= 0.6 is 0 Å². The maximum atomic E-state index is 8.58. The summed E-state index contributed by atoms with van der Waals surface area (Å²) in [6.07, 6.45) is 2.04. The van der Waals surface area contributed by atoms with E-state index in [4.69, 9.17) is 11.0 Å². The summed E-state index contributed by atoms with van der Waals surface area (Å²) in [5.74, 6) is 0. The maximum Gasteiger partial charge on any atom is 0.0931 e. The molecule has 2 rings (SSSR count). The number of nitrogen functional groups attached to an aromatic ring is 1. The molecule has 0 fully saturated rings. The summed E-state index contributed by atoms with van der Waals surface area (Å²) in [5.41, 5.74) is 9.12. The van der Waals surface area contributed by atoms with Gasteiger partial charge in [0.05, 0.1) is 23.9 Å². The molecule has 1 aromatic carbocycles. The summed E-state index contributed by atoms with van der Waals surface area (Å²) in [6, 6.07) is 13.6. The zero-order chi connectivity index (χ0) is 11.4. The van der Waals surface area contributed by atoms with Gasteiger partial charge in [0.1, 0.15) is 0 Å². The van der Waals surface area contributed by atoms with E-state index in [0.29, 0.717) is 12.1 Å². The fraction of sp³-hybridized carbons (Fsp3) is 0.0769. The smallest absolute Gasteiger partial charge is 0.0931 e. The van der Waals surface area contributed by atoms with Crippen molar-refractivity contribution in [3.63, 3.8) is 0 Å². The molecule has 0 aliphatic carbocycles. The van der Waals surface area contributed by atoms with Crippen LogP contribution in [-0.2, 0) is 6.42 Å². The van der Waals surface area contributed by atoms with Gasteiger partial charge in [-0.3, -0.25) is 4.98 Å². The van der Waals surface area contributed by atoms with Crippen molar-refractivity contribution in [2.24, 2.45) is 0 Å². The van der Waals surface area contributed by atoms with Gasteiger partial charge in [0.2, 0.25) is 0 Å². The van der Waals surface area contributed by atoms with Crippen molar-refractivity contribution >= 4 is 5.69 Å². The summed E-state index contributed by atoms with van der Waals surface area (Å²) in [5, 5.41) is 8.58. The van der Waals surface area contributed by atoms with E-state index in [1.807, 2.05) is 30.3 Å². The number of rotatable bonds is 2. The van der Waals surface area contributed by atoms with E-state index in [9.17, 15) is 0 Å². The largest absolute Gasteiger partial charge is 0.397 e. The number of hydrogen-bond donors (Lipinski definition) is 1. The first-order valence-corrected chi connectivity index (χ1v) is 4.98. The first-order valence-electron chi connectivity index (χ1n) is 4.98. The Kier molecular flexibility index (Phi) is 2.84. The van der Waals surface area contributed by atoms with E-state index < -0.39 is 0 Å². The second kappa shape index (κ2) is 4.45. The van der Waals surface area contributed by atoms with Gasteiger partial charge in [0.25, 0.3) is 0 Å². The molecule has 0 saturated heterocycles. The van der Waals surface area contributed by atoms with Crippen LogP contribution in [0, 0.1) is 11.3 Å². The topological polar surface area (TPSA) is 62.7 Å². The number of nitriles is 1. The van der Waals surface area contributed by atoms with E-state index >= 15 is 0 Å². The van der Waals surface area contributed by atoms with Crippen LogP contribution in [0.4, 0.5) is 5.69 Å². The monoisotopic (exact) mass is 209 g/mol. The van der Waals surface area contributed by atoms with Gasteiger partial charge in [-0.15, -0.1) is 0 Å². The van der Waals surface area contributed by atoms with Gasteiger partial charge >= 0.3 is 0 Å². The molecule has 0 saturated carbocycles. The van der Waals surface area contributed by atoms with Crippen molar-refractivity contribution in [3.8, 4) is 17.3 Å². The normalized spacial score (nSPS) is 9.69. The van der Waals surface area contributed by atoms with E-state index in [-0.39, 0.29) is 0 Å². The van der Waals surface area contributed by atoms with Gasteiger partial charge in [0, 0.05) is 11.8 Å². The van der Waals surface area contributed by atoms with Crippen LogP contribution in [0.3, 0.4) is 0 Å². The second-order valence-corrected chi connectivity index (χ2v) is 3.48. The molecule has 78 valence electrons. The third kappa shape index (κ3) is 2.01. The fourth-order valence-corrected chi connectivity index (χ4v) is 1.55. The molecule has 0 amide bonds. The highest BCUT2D eigenvalue weighted by atomic mass is 14.7. The minimum atomic E-state index is 0.340. The first-order chi connectivity index (χ1) is 7.81. The Morgan fingerprint density at radius 1 is 1.25 bits per heavy atom. The predicted molar refractivity (Wildman–Crippen MR) is 63.4 cm³/mol. The molecule has 1 aromatic heterocycles. The number of nitrogens with zero attached hydrogens (tertiary/aromatic N) is 2. The van der Waals surface area contributed by atoms with E-state index in [2.05, 4.69) is 11.1 Å². The molecule has 2 aromatic rings. The van der Waals surface area contributed by atoms with E-state index in [1.165, 1.54) is 0 Å². The lowest BCUT2D eigenvalue weighted by atomic mass is 10.1. The lowest BCUT2D eigenvalue weighted by Crippen LogP contribution is -1.95. The molecule has 16 heavy (non-hydrogen) atoms. The van der Waals surface area contributed by atoms with Gasteiger partial charge < -0.3 is 5.73 Å². The fourth-order valence-electron chi connectivity index (χ4n) is 1.55. The summed E-state index contributed by atoms with van der Waals surface area (Å²) in [4.78, 5) is 4.29. The third-order valence-electron chi connectivity index (χ3n) is 2.30. The molecule has 0 aliphatic heterocycles. The Balaban J connectivity index is 2.41. The van der Waals surface area contributed by atoms with Crippen LogP contribution in [0.1, 0.15) is 5.56 Å². The van der Waals surface area contributed by atoms with Crippen LogP contribution in [-0.4, -0.2) is 4.98 Å². The number of pyridine rings is 1. The van der Waals surface area contributed by atoms with Crippen LogP contribution < -0.4 is 5.73 Å². The maximum absolute atomic E-state index is 8.58. The van der Waals surface area contributed by atoms with Crippen molar-refractivity contribution < 1.29 is 0 Å². The van der Waals surface area contributed by atoms with Gasteiger partial charge in [-0.1, -0.05) is 30.3 Å². The molecule has 0 spiro atoms. The lowest BCUT2D eigenvalue weighted by Gasteiger charge is -2.05. The third-order valence-corrected chi connectivity index (χ3v) is 2.30. The van der Waals surface area contributed by atoms with Gasteiger partial charge in [-0.05, 0) is 11.6 Å². The van der Waals surface area contributed by atoms with Crippen molar-refractivity contribution in [1.29, 1.82) is 5.26 Å². The number of benzene rings is 1.